The summed E-state index contributed by atoms with van der Waals surface area (Å²) in [6.45, 7) is 0. The maximum absolute atomic E-state index is 5.36. The lowest BCUT2D eigenvalue weighted by atomic mass is 10.2. The molecule has 3 aromatic rings. The van der Waals surface area contributed by atoms with E-state index in [1.165, 1.54) is 0 Å². The number of aromatic nitrogens is 3. The quantitative estimate of drug-likeness (QED) is 0.432. The number of anilines is 1. The average molecular weight is 269 g/mol. The van der Waals surface area contributed by atoms with Crippen LogP contribution < -0.4 is 11.3 Å². The van der Waals surface area contributed by atoms with Gasteiger partial charge in [0.15, 0.2) is 0 Å². The van der Waals surface area contributed by atoms with Crippen molar-refractivity contribution in [2.24, 2.45) is 5.84 Å². The van der Waals surface area contributed by atoms with Crippen LogP contribution in [0.1, 0.15) is 0 Å². The summed E-state index contributed by atoms with van der Waals surface area (Å²) in [5.74, 6) is 5.98. The van der Waals surface area contributed by atoms with Gasteiger partial charge in [0.1, 0.15) is 17.2 Å². The molecular formula is C13H11N5S. The highest BCUT2D eigenvalue weighted by atomic mass is 32.2. The van der Waals surface area contributed by atoms with Crippen LogP contribution in [0.3, 0.4) is 0 Å². The Balaban J connectivity index is 2.01. The molecule has 0 amide bonds. The lowest BCUT2D eigenvalue weighted by Crippen LogP contribution is -2.07. The monoisotopic (exact) mass is 269 g/mol. The van der Waals surface area contributed by atoms with Crippen molar-refractivity contribution in [2.45, 2.75) is 9.92 Å². The van der Waals surface area contributed by atoms with Gasteiger partial charge in [-0.1, -0.05) is 30.0 Å². The minimum Gasteiger partial charge on any atom is -0.308 e. The maximum atomic E-state index is 5.36. The van der Waals surface area contributed by atoms with Crippen molar-refractivity contribution in [3.05, 3.63) is 48.9 Å². The Morgan fingerprint density at radius 3 is 2.84 bits per heavy atom. The van der Waals surface area contributed by atoms with E-state index in [0.717, 1.165) is 20.8 Å². The first kappa shape index (κ1) is 11.9. The highest BCUT2D eigenvalue weighted by molar-refractivity contribution is 7.99. The normalized spacial score (nSPS) is 10.6. The molecule has 0 bridgehead atoms. The van der Waals surface area contributed by atoms with Crippen LogP contribution in [0.25, 0.3) is 10.9 Å². The number of nitrogens with one attached hydrogen (secondary N) is 1. The Labute approximate surface area is 114 Å². The summed E-state index contributed by atoms with van der Waals surface area (Å²) in [4.78, 5) is 13.7. The van der Waals surface area contributed by atoms with E-state index < -0.39 is 0 Å². The standard InChI is InChI=1S/C13H11N5S/c14-18-12-7-9(5-6-15-12)19-13-10-3-1-2-4-11(10)16-8-17-13/h1-8H,14H2,(H,15,18). The van der Waals surface area contributed by atoms with Gasteiger partial charge in [0.05, 0.1) is 5.52 Å². The molecule has 0 fully saturated rings. The fraction of sp³-hybridized carbons (Fsp3) is 0. The van der Waals surface area contributed by atoms with E-state index in [1.54, 1.807) is 24.3 Å². The van der Waals surface area contributed by atoms with Gasteiger partial charge in [0.2, 0.25) is 0 Å². The molecule has 0 aliphatic heterocycles. The lowest BCUT2D eigenvalue weighted by molar-refractivity contribution is 1.10. The van der Waals surface area contributed by atoms with Crippen molar-refractivity contribution in [1.29, 1.82) is 0 Å². The van der Waals surface area contributed by atoms with Crippen LogP contribution in [0.15, 0.2) is 58.8 Å². The van der Waals surface area contributed by atoms with Crippen LogP contribution in [0.4, 0.5) is 5.82 Å². The van der Waals surface area contributed by atoms with Gasteiger partial charge in [-0.15, -0.1) is 0 Å². The molecule has 0 aliphatic carbocycles. The first-order valence-corrected chi connectivity index (χ1v) is 6.49. The van der Waals surface area contributed by atoms with E-state index in [0.29, 0.717) is 5.82 Å². The number of benzene rings is 1. The molecule has 2 aromatic heterocycles. The second-order valence-electron chi connectivity index (χ2n) is 3.82. The number of nitrogen functional groups attached to an aromatic ring is 1. The fourth-order valence-corrected chi connectivity index (χ4v) is 2.63. The summed E-state index contributed by atoms with van der Waals surface area (Å²) >= 11 is 1.56. The topological polar surface area (TPSA) is 76.7 Å². The zero-order chi connectivity index (χ0) is 13.1. The van der Waals surface area contributed by atoms with Gasteiger partial charge in [0, 0.05) is 16.5 Å². The van der Waals surface area contributed by atoms with Crippen LogP contribution in [0.2, 0.25) is 0 Å². The maximum Gasteiger partial charge on any atom is 0.140 e. The van der Waals surface area contributed by atoms with E-state index in [9.17, 15) is 0 Å². The molecule has 0 spiro atoms. The average Bonchev–Trinajstić information content (AvgIpc) is 2.48. The third-order valence-corrected chi connectivity index (χ3v) is 3.61. The molecule has 3 N–H and O–H groups in total. The minimum atomic E-state index is 0.628. The molecule has 94 valence electrons. The van der Waals surface area contributed by atoms with Gasteiger partial charge < -0.3 is 5.43 Å². The predicted octanol–water partition coefficient (Wildman–Crippen LogP) is 2.46. The molecule has 0 aliphatic rings. The van der Waals surface area contributed by atoms with Crippen LogP contribution in [-0.4, -0.2) is 15.0 Å². The van der Waals surface area contributed by atoms with Gasteiger partial charge >= 0.3 is 0 Å². The number of hydrogen-bond acceptors (Lipinski definition) is 6. The predicted molar refractivity (Wildman–Crippen MR) is 75.7 cm³/mol. The fourth-order valence-electron chi connectivity index (χ4n) is 1.73. The van der Waals surface area contributed by atoms with E-state index in [4.69, 9.17) is 5.84 Å². The minimum absolute atomic E-state index is 0.628. The zero-order valence-corrected chi connectivity index (χ0v) is 10.8. The number of nitrogens with two attached hydrogens (primary N) is 1. The first-order valence-electron chi connectivity index (χ1n) is 5.67. The number of hydrogen-bond donors (Lipinski definition) is 2. The van der Waals surface area contributed by atoms with Gasteiger partial charge in [0.25, 0.3) is 0 Å². The molecule has 6 heteroatoms. The summed E-state index contributed by atoms with van der Waals surface area (Å²) < 4.78 is 0. The van der Waals surface area contributed by atoms with Gasteiger partial charge in [-0.2, -0.15) is 0 Å². The summed E-state index contributed by atoms with van der Waals surface area (Å²) in [7, 11) is 0. The molecule has 2 heterocycles. The van der Waals surface area contributed by atoms with E-state index in [2.05, 4.69) is 20.4 Å². The second kappa shape index (κ2) is 5.21. The van der Waals surface area contributed by atoms with Gasteiger partial charge in [-0.3, -0.25) is 0 Å². The number of para-hydroxylation sites is 1. The Kier molecular flexibility index (Phi) is 3.26. The number of rotatable bonds is 3. The van der Waals surface area contributed by atoms with Crippen molar-refractivity contribution < 1.29 is 0 Å². The largest absolute Gasteiger partial charge is 0.308 e. The van der Waals surface area contributed by atoms with Crippen molar-refractivity contribution >= 4 is 28.5 Å². The van der Waals surface area contributed by atoms with Crippen molar-refractivity contribution in [1.82, 2.24) is 15.0 Å². The molecule has 3 rings (SSSR count). The first-order chi connectivity index (χ1) is 9.36. The number of pyridine rings is 1. The lowest BCUT2D eigenvalue weighted by Gasteiger charge is -2.05. The van der Waals surface area contributed by atoms with Crippen LogP contribution >= 0.6 is 11.8 Å². The summed E-state index contributed by atoms with van der Waals surface area (Å²) in [6.07, 6.45) is 3.29. The SMILES string of the molecule is NNc1cc(Sc2ncnc3ccccc23)ccn1. The van der Waals surface area contributed by atoms with Crippen molar-refractivity contribution in [2.75, 3.05) is 5.43 Å². The number of hydrazine groups is 1. The molecule has 0 saturated carbocycles. The van der Waals surface area contributed by atoms with Gasteiger partial charge in [-0.25, -0.2) is 20.8 Å². The Morgan fingerprint density at radius 1 is 1.05 bits per heavy atom. The molecule has 0 atom stereocenters. The number of nitrogens with zero attached hydrogens (tertiary/aromatic N) is 3. The highest BCUT2D eigenvalue weighted by Gasteiger charge is 2.05. The molecule has 0 radical (unpaired) electrons. The van der Waals surface area contributed by atoms with Crippen LogP contribution in [0, 0.1) is 0 Å². The molecule has 5 nitrogen and oxygen atoms in total. The highest BCUT2D eigenvalue weighted by Crippen LogP contribution is 2.31. The van der Waals surface area contributed by atoms with E-state index >= 15 is 0 Å². The summed E-state index contributed by atoms with van der Waals surface area (Å²) in [5.41, 5.74) is 3.47. The summed E-state index contributed by atoms with van der Waals surface area (Å²) in [5, 5.41) is 1.95. The van der Waals surface area contributed by atoms with Crippen molar-refractivity contribution in [3.63, 3.8) is 0 Å². The molecule has 1 aromatic carbocycles. The van der Waals surface area contributed by atoms with E-state index in [1.807, 2.05) is 36.4 Å². The zero-order valence-electron chi connectivity index (χ0n) is 9.95. The van der Waals surface area contributed by atoms with Crippen LogP contribution in [-0.2, 0) is 0 Å². The number of fused-ring (bicyclic) bond motifs is 1. The molecule has 0 saturated heterocycles. The van der Waals surface area contributed by atoms with Gasteiger partial charge in [-0.05, 0) is 18.2 Å². The molecular weight excluding hydrogens is 258 g/mol. The van der Waals surface area contributed by atoms with Crippen LogP contribution in [0.5, 0.6) is 0 Å². The van der Waals surface area contributed by atoms with Crippen molar-refractivity contribution in [3.8, 4) is 0 Å². The summed E-state index contributed by atoms with van der Waals surface area (Å²) in [6, 6.07) is 11.7. The Morgan fingerprint density at radius 2 is 1.95 bits per heavy atom. The molecule has 19 heavy (non-hydrogen) atoms. The second-order valence-corrected chi connectivity index (χ2v) is 4.88. The molecule has 0 unspecified atom stereocenters. The third-order valence-electron chi connectivity index (χ3n) is 2.60. The van der Waals surface area contributed by atoms with E-state index in [-0.39, 0.29) is 0 Å². The Hall–Kier alpha value is -2.18. The Bertz CT molecular complexity index is 711. The third kappa shape index (κ3) is 2.49. The smallest absolute Gasteiger partial charge is 0.140 e.